The molecule has 4 aliphatic rings. The van der Waals surface area contributed by atoms with Gasteiger partial charge in [0.25, 0.3) is 0 Å². The number of hydrogen-bond donors (Lipinski definition) is 1. The molecule has 6 rings (SSSR count). The largest absolute Gasteiger partial charge is 0.322 e. The highest BCUT2D eigenvalue weighted by molar-refractivity contribution is 6.40. The van der Waals surface area contributed by atoms with E-state index in [2.05, 4.69) is 10.2 Å². The van der Waals surface area contributed by atoms with E-state index < -0.39 is 0 Å². The lowest BCUT2D eigenvalue weighted by molar-refractivity contribution is -0.112. The average Bonchev–Trinajstić information content (AvgIpc) is 2.63. The number of amides is 1. The van der Waals surface area contributed by atoms with Gasteiger partial charge >= 0.3 is 0 Å². The van der Waals surface area contributed by atoms with Crippen LogP contribution in [0.2, 0.25) is 5.02 Å². The highest BCUT2D eigenvalue weighted by Crippen LogP contribution is 2.47. The van der Waals surface area contributed by atoms with E-state index in [1.807, 2.05) is 44.2 Å². The normalized spacial score (nSPS) is 29.2. The average molecular weight is 365 g/mol. The van der Waals surface area contributed by atoms with Crippen molar-refractivity contribution in [2.24, 2.45) is 17.8 Å². The summed E-state index contributed by atoms with van der Waals surface area (Å²) in [6.45, 7) is 3.54. The fourth-order valence-electron chi connectivity index (χ4n) is 5.53. The Morgan fingerprint density at radius 1 is 1.04 bits per heavy atom. The molecule has 0 radical (unpaired) electrons. The molecule has 1 aliphatic carbocycles. The fraction of sp³-hybridized carbons (Fsp3) is 0.381. The Kier molecular flexibility index (Phi) is 3.87. The van der Waals surface area contributed by atoms with Gasteiger partial charge < -0.3 is 10.2 Å². The summed E-state index contributed by atoms with van der Waals surface area (Å²) in [5.41, 5.74) is 3.19. The molecular formula is C21H22BClN2O. The van der Waals surface area contributed by atoms with Crippen molar-refractivity contribution in [1.82, 2.24) is 4.90 Å². The van der Waals surface area contributed by atoms with Gasteiger partial charge in [-0.1, -0.05) is 41.4 Å². The lowest BCUT2D eigenvalue weighted by atomic mass is 9.62. The molecule has 1 saturated carbocycles. The Balaban J connectivity index is 1.47. The molecule has 0 aromatic heterocycles. The van der Waals surface area contributed by atoms with Gasteiger partial charge in [0.1, 0.15) is 7.85 Å². The van der Waals surface area contributed by atoms with Gasteiger partial charge in [0.05, 0.1) is 0 Å². The highest BCUT2D eigenvalue weighted by Gasteiger charge is 2.45. The molecule has 2 atom stereocenters. The van der Waals surface area contributed by atoms with Gasteiger partial charge in [-0.05, 0) is 48.2 Å². The van der Waals surface area contributed by atoms with Crippen LogP contribution < -0.4 is 5.32 Å². The Morgan fingerprint density at radius 3 is 2.42 bits per heavy atom. The van der Waals surface area contributed by atoms with Gasteiger partial charge in [-0.3, -0.25) is 4.79 Å². The molecule has 3 saturated heterocycles. The summed E-state index contributed by atoms with van der Waals surface area (Å²) >= 11 is 6.31. The second kappa shape index (κ2) is 6.14. The molecule has 26 heavy (non-hydrogen) atoms. The Morgan fingerprint density at radius 2 is 1.73 bits per heavy atom. The molecule has 4 bridgehead atoms. The number of carbonyl (C=O) groups is 1. The molecule has 1 amide bonds. The number of carbonyl (C=O) groups excluding carboxylic acids is 1. The predicted octanol–water partition coefficient (Wildman–Crippen LogP) is 3.29. The van der Waals surface area contributed by atoms with Gasteiger partial charge in [0.15, 0.2) is 0 Å². The summed E-state index contributed by atoms with van der Waals surface area (Å²) in [5.74, 6) is 2.03. The zero-order valence-corrected chi connectivity index (χ0v) is 15.7. The number of nitrogens with one attached hydrogen (secondary N) is 1. The van der Waals surface area contributed by atoms with Crippen LogP contribution in [-0.4, -0.2) is 38.3 Å². The van der Waals surface area contributed by atoms with E-state index in [1.165, 1.54) is 25.0 Å². The Bertz CT molecular complexity index is 909. The van der Waals surface area contributed by atoms with Crippen molar-refractivity contribution in [2.45, 2.75) is 12.8 Å². The number of anilines is 1. The number of nitrogens with zero attached hydrogens (tertiary/aromatic N) is 1. The monoisotopic (exact) mass is 364 g/mol. The highest BCUT2D eigenvalue weighted by atomic mass is 35.5. The number of benzene rings is 2. The van der Waals surface area contributed by atoms with E-state index in [1.54, 1.807) is 0 Å². The smallest absolute Gasteiger partial charge is 0.241 e. The van der Waals surface area contributed by atoms with Gasteiger partial charge in [0.2, 0.25) is 5.91 Å². The number of rotatable bonds is 2. The summed E-state index contributed by atoms with van der Waals surface area (Å²) in [6, 6.07) is 11.7. The van der Waals surface area contributed by atoms with Gasteiger partial charge in [0, 0.05) is 41.1 Å². The van der Waals surface area contributed by atoms with Crippen molar-refractivity contribution in [3.8, 4) is 0 Å². The van der Waals surface area contributed by atoms with Crippen LogP contribution in [0.15, 0.2) is 47.4 Å². The topological polar surface area (TPSA) is 32.3 Å². The maximum absolute atomic E-state index is 13.0. The van der Waals surface area contributed by atoms with Crippen molar-refractivity contribution in [3.05, 3.63) is 52.5 Å². The van der Waals surface area contributed by atoms with E-state index in [0.29, 0.717) is 16.9 Å². The molecule has 5 heteroatoms. The number of halogens is 1. The van der Waals surface area contributed by atoms with Crippen LogP contribution >= 0.6 is 11.6 Å². The molecule has 2 aromatic rings. The minimum atomic E-state index is 0.0370. The van der Waals surface area contributed by atoms with Crippen LogP contribution in [0, 0.1) is 17.8 Å². The van der Waals surface area contributed by atoms with Crippen LogP contribution in [0.25, 0.3) is 10.8 Å². The third kappa shape index (κ3) is 2.59. The van der Waals surface area contributed by atoms with E-state index >= 15 is 0 Å². The van der Waals surface area contributed by atoms with Crippen LogP contribution in [0.5, 0.6) is 0 Å². The zero-order chi connectivity index (χ0) is 17.8. The summed E-state index contributed by atoms with van der Waals surface area (Å²) in [7, 11) is 2.01. The second-order valence-corrected chi connectivity index (χ2v) is 8.53. The second-order valence-electron chi connectivity index (χ2n) is 8.12. The van der Waals surface area contributed by atoms with E-state index in [-0.39, 0.29) is 5.91 Å². The van der Waals surface area contributed by atoms with Gasteiger partial charge in [-0.2, -0.15) is 0 Å². The minimum absolute atomic E-state index is 0.0370. The van der Waals surface area contributed by atoms with E-state index in [4.69, 9.17) is 11.6 Å². The van der Waals surface area contributed by atoms with Crippen molar-refractivity contribution in [1.29, 1.82) is 0 Å². The molecule has 1 N–H and O–H groups in total. The minimum Gasteiger partial charge on any atom is -0.322 e. The summed E-state index contributed by atoms with van der Waals surface area (Å²) < 4.78 is 0. The van der Waals surface area contributed by atoms with Crippen LogP contribution in [0.1, 0.15) is 12.8 Å². The standard InChI is InChI=1S/C21H22BClN2O/c22-20(19-13-7-12-8-14(19)11-25(9-12)10-13)21(26)24-18-6-5-17(23)15-3-1-2-4-16(15)18/h1-6,12-14H,7-11,22H2,(H,24,26). The van der Waals surface area contributed by atoms with Crippen molar-refractivity contribution in [3.63, 3.8) is 0 Å². The van der Waals surface area contributed by atoms with Gasteiger partial charge in [-0.25, -0.2) is 0 Å². The molecule has 132 valence electrons. The molecule has 2 aromatic carbocycles. The fourth-order valence-corrected chi connectivity index (χ4v) is 5.75. The SMILES string of the molecule is BC(C(=O)Nc1ccc(Cl)c2ccccc12)=C1C2CC3CC1CN(C3)C2. The zero-order valence-electron chi connectivity index (χ0n) is 15.0. The molecule has 3 aliphatic heterocycles. The van der Waals surface area contributed by atoms with Crippen molar-refractivity contribution >= 4 is 41.8 Å². The number of piperidine rings is 3. The molecule has 3 nitrogen and oxygen atoms in total. The number of hydrogen-bond acceptors (Lipinski definition) is 2. The Labute approximate surface area is 159 Å². The first-order valence-electron chi connectivity index (χ1n) is 9.51. The molecular weight excluding hydrogens is 343 g/mol. The molecule has 3 heterocycles. The molecule has 4 fully saturated rings. The quantitative estimate of drug-likeness (QED) is 0.655. The third-order valence-electron chi connectivity index (χ3n) is 6.48. The third-order valence-corrected chi connectivity index (χ3v) is 6.81. The first-order chi connectivity index (χ1) is 12.6. The maximum atomic E-state index is 13.0. The first kappa shape index (κ1) is 16.4. The van der Waals surface area contributed by atoms with Crippen LogP contribution in [0.4, 0.5) is 5.69 Å². The lowest BCUT2D eigenvalue weighted by Crippen LogP contribution is -2.55. The summed E-state index contributed by atoms with van der Waals surface area (Å²) in [5, 5.41) is 5.82. The summed E-state index contributed by atoms with van der Waals surface area (Å²) in [6.07, 6.45) is 2.52. The van der Waals surface area contributed by atoms with E-state index in [9.17, 15) is 4.79 Å². The predicted molar refractivity (Wildman–Crippen MR) is 109 cm³/mol. The molecule has 2 unspecified atom stereocenters. The van der Waals surface area contributed by atoms with Crippen molar-refractivity contribution in [2.75, 3.05) is 25.0 Å². The number of fused-ring (bicyclic) bond motifs is 1. The van der Waals surface area contributed by atoms with Crippen LogP contribution in [-0.2, 0) is 4.79 Å². The van der Waals surface area contributed by atoms with Crippen molar-refractivity contribution < 1.29 is 4.79 Å². The maximum Gasteiger partial charge on any atom is 0.241 e. The molecule has 0 spiro atoms. The van der Waals surface area contributed by atoms with Crippen LogP contribution in [0.3, 0.4) is 0 Å². The summed E-state index contributed by atoms with van der Waals surface area (Å²) in [4.78, 5) is 15.6. The lowest BCUT2D eigenvalue weighted by Gasteiger charge is -2.53. The Hall–Kier alpha value is -1.78. The van der Waals surface area contributed by atoms with E-state index in [0.717, 1.165) is 40.9 Å². The first-order valence-corrected chi connectivity index (χ1v) is 9.89. The van der Waals surface area contributed by atoms with Gasteiger partial charge in [-0.15, -0.1) is 0 Å².